The first-order valence-electron chi connectivity index (χ1n) is 11.1. The van der Waals surface area contributed by atoms with Gasteiger partial charge in [0.05, 0.1) is 0 Å². The number of hydrogen-bond donors (Lipinski definition) is 2. The number of nitrogens with two attached hydrogens (primary N) is 1. The van der Waals surface area contributed by atoms with Crippen LogP contribution in [0.15, 0.2) is 59.1 Å². The highest BCUT2D eigenvalue weighted by Gasteiger charge is 2.31. The Bertz CT molecular complexity index is 878. The molecule has 0 aliphatic heterocycles. The number of unbranched alkanes of at least 4 members (excludes halogenated alkanes) is 3. The molecule has 0 aromatic heterocycles. The van der Waals surface area contributed by atoms with E-state index in [-0.39, 0.29) is 11.8 Å². The van der Waals surface area contributed by atoms with Crippen molar-refractivity contribution >= 4 is 27.7 Å². The molecular formula is C26H32BrN3O2. The molecule has 1 unspecified atom stereocenters. The molecule has 0 fully saturated rings. The Kier molecular flexibility index (Phi) is 11.6. The molecule has 0 radical (unpaired) electrons. The van der Waals surface area contributed by atoms with Gasteiger partial charge in [-0.2, -0.15) is 0 Å². The van der Waals surface area contributed by atoms with Crippen LogP contribution >= 0.6 is 15.9 Å². The van der Waals surface area contributed by atoms with Gasteiger partial charge < -0.3 is 16.0 Å². The summed E-state index contributed by atoms with van der Waals surface area (Å²) in [5.74, 6) is 2.37. The number of terminal acetylenes is 1. The molecule has 0 bridgehead atoms. The predicted molar refractivity (Wildman–Crippen MR) is 132 cm³/mol. The normalized spacial score (nSPS) is 11.4. The van der Waals surface area contributed by atoms with Crippen LogP contribution in [0.3, 0.4) is 0 Å². The minimum atomic E-state index is -0.721. The largest absolute Gasteiger partial charge is 0.354 e. The Balaban J connectivity index is 2.32. The van der Waals surface area contributed by atoms with E-state index in [1.54, 1.807) is 4.90 Å². The van der Waals surface area contributed by atoms with Crippen LogP contribution in [0.1, 0.15) is 55.7 Å². The van der Waals surface area contributed by atoms with Crippen molar-refractivity contribution < 1.29 is 9.59 Å². The molecule has 1 atom stereocenters. The standard InChI is InChI=1S/C26H32BrN3O2/c1-2-3-4-8-13-24(31)30(20-21-11-6-5-7-12-21)25(22-14-16-23(27)17-15-22)26(32)29-19-10-9-18-28/h1,5-7,11-12,14-17,25H,3-4,8-10,13,18-20,28H2,(H,29,32). The summed E-state index contributed by atoms with van der Waals surface area (Å²) >= 11 is 3.45. The molecular weight excluding hydrogens is 466 g/mol. The first kappa shape index (κ1) is 25.6. The number of halogens is 1. The topological polar surface area (TPSA) is 75.4 Å². The molecule has 0 saturated carbocycles. The lowest BCUT2D eigenvalue weighted by Gasteiger charge is -2.32. The Morgan fingerprint density at radius 1 is 1.03 bits per heavy atom. The van der Waals surface area contributed by atoms with Gasteiger partial charge in [0, 0.05) is 30.4 Å². The zero-order valence-corrected chi connectivity index (χ0v) is 20.0. The number of nitrogens with one attached hydrogen (secondary N) is 1. The lowest BCUT2D eigenvalue weighted by Crippen LogP contribution is -2.43. The maximum absolute atomic E-state index is 13.3. The van der Waals surface area contributed by atoms with E-state index in [2.05, 4.69) is 27.2 Å². The fraction of sp³-hybridized carbons (Fsp3) is 0.385. The van der Waals surface area contributed by atoms with Crippen LogP contribution in [0, 0.1) is 12.3 Å². The van der Waals surface area contributed by atoms with E-state index in [1.807, 2.05) is 54.6 Å². The smallest absolute Gasteiger partial charge is 0.247 e. The van der Waals surface area contributed by atoms with E-state index in [9.17, 15) is 9.59 Å². The van der Waals surface area contributed by atoms with E-state index in [4.69, 9.17) is 12.2 Å². The second-order valence-electron chi connectivity index (χ2n) is 7.66. The monoisotopic (exact) mass is 497 g/mol. The molecule has 0 aliphatic rings. The molecule has 32 heavy (non-hydrogen) atoms. The van der Waals surface area contributed by atoms with Crippen LogP contribution in [-0.4, -0.2) is 29.8 Å². The molecule has 5 nitrogen and oxygen atoms in total. The SMILES string of the molecule is C#CCCCCC(=O)N(Cc1ccccc1)C(C(=O)NCCCCN)c1ccc(Br)cc1. The maximum atomic E-state index is 13.3. The Hall–Kier alpha value is -2.62. The molecule has 6 heteroatoms. The third-order valence-electron chi connectivity index (χ3n) is 5.15. The predicted octanol–water partition coefficient (Wildman–Crippen LogP) is 4.57. The van der Waals surface area contributed by atoms with Crippen molar-refractivity contribution in [2.45, 2.75) is 51.1 Å². The van der Waals surface area contributed by atoms with E-state index in [1.165, 1.54) is 0 Å². The highest BCUT2D eigenvalue weighted by atomic mass is 79.9. The highest BCUT2D eigenvalue weighted by Crippen LogP contribution is 2.26. The van der Waals surface area contributed by atoms with Gasteiger partial charge in [-0.3, -0.25) is 9.59 Å². The average Bonchev–Trinajstić information content (AvgIpc) is 2.81. The Morgan fingerprint density at radius 2 is 1.75 bits per heavy atom. The van der Waals surface area contributed by atoms with E-state index in [0.29, 0.717) is 38.9 Å². The maximum Gasteiger partial charge on any atom is 0.247 e. The summed E-state index contributed by atoms with van der Waals surface area (Å²) in [6.07, 6.45) is 9.45. The number of carbonyl (C=O) groups excluding carboxylic acids is 2. The lowest BCUT2D eigenvalue weighted by atomic mass is 10.0. The molecule has 3 N–H and O–H groups in total. The third kappa shape index (κ3) is 8.49. The molecule has 2 amide bonds. The molecule has 0 heterocycles. The number of carbonyl (C=O) groups is 2. The fourth-order valence-electron chi connectivity index (χ4n) is 3.45. The second-order valence-corrected chi connectivity index (χ2v) is 8.58. The van der Waals surface area contributed by atoms with Gasteiger partial charge in [-0.15, -0.1) is 12.3 Å². The molecule has 2 aromatic carbocycles. The summed E-state index contributed by atoms with van der Waals surface area (Å²) in [5.41, 5.74) is 7.32. The zero-order chi connectivity index (χ0) is 23.2. The van der Waals surface area contributed by atoms with Gasteiger partial charge in [0.15, 0.2) is 0 Å². The van der Waals surface area contributed by atoms with Crippen LogP contribution in [0.25, 0.3) is 0 Å². The average molecular weight is 498 g/mol. The zero-order valence-electron chi connectivity index (χ0n) is 18.4. The minimum absolute atomic E-state index is 0.0594. The van der Waals surface area contributed by atoms with Crippen molar-refractivity contribution in [1.29, 1.82) is 0 Å². The number of benzene rings is 2. The summed E-state index contributed by atoms with van der Waals surface area (Å²) in [5, 5.41) is 3.00. The lowest BCUT2D eigenvalue weighted by molar-refractivity contribution is -0.141. The van der Waals surface area contributed by atoms with Crippen LogP contribution in [-0.2, 0) is 16.1 Å². The van der Waals surface area contributed by atoms with E-state index < -0.39 is 6.04 Å². The second kappa shape index (κ2) is 14.4. The number of hydrogen-bond acceptors (Lipinski definition) is 3. The van der Waals surface area contributed by atoms with Crippen LogP contribution < -0.4 is 11.1 Å². The van der Waals surface area contributed by atoms with Crippen molar-refractivity contribution in [3.8, 4) is 12.3 Å². The first-order chi connectivity index (χ1) is 15.6. The molecule has 0 saturated heterocycles. The molecule has 170 valence electrons. The summed E-state index contributed by atoms with van der Waals surface area (Å²) in [6.45, 7) is 1.46. The Labute approximate surface area is 199 Å². The molecule has 2 aromatic rings. The van der Waals surface area contributed by atoms with Crippen LogP contribution in [0.2, 0.25) is 0 Å². The van der Waals surface area contributed by atoms with E-state index in [0.717, 1.165) is 34.9 Å². The van der Waals surface area contributed by atoms with Crippen molar-refractivity contribution in [3.63, 3.8) is 0 Å². The molecule has 0 spiro atoms. The van der Waals surface area contributed by atoms with Gasteiger partial charge in [0.1, 0.15) is 6.04 Å². The van der Waals surface area contributed by atoms with Crippen molar-refractivity contribution in [2.24, 2.45) is 5.73 Å². The Morgan fingerprint density at radius 3 is 2.41 bits per heavy atom. The van der Waals surface area contributed by atoms with Gasteiger partial charge in [-0.25, -0.2) is 0 Å². The molecule has 0 aliphatic carbocycles. The number of amides is 2. The third-order valence-corrected chi connectivity index (χ3v) is 5.68. The summed E-state index contributed by atoms with van der Waals surface area (Å²) in [6, 6.07) is 16.6. The quantitative estimate of drug-likeness (QED) is 0.314. The van der Waals surface area contributed by atoms with Gasteiger partial charge in [0.25, 0.3) is 0 Å². The summed E-state index contributed by atoms with van der Waals surface area (Å²) in [4.78, 5) is 28.4. The van der Waals surface area contributed by atoms with E-state index >= 15 is 0 Å². The van der Waals surface area contributed by atoms with Gasteiger partial charge in [-0.1, -0.05) is 58.4 Å². The first-order valence-corrected chi connectivity index (χ1v) is 11.9. The van der Waals surface area contributed by atoms with Crippen molar-refractivity contribution in [2.75, 3.05) is 13.1 Å². The van der Waals surface area contributed by atoms with Gasteiger partial charge >= 0.3 is 0 Å². The summed E-state index contributed by atoms with van der Waals surface area (Å²) < 4.78 is 0.915. The van der Waals surface area contributed by atoms with Crippen molar-refractivity contribution in [1.82, 2.24) is 10.2 Å². The summed E-state index contributed by atoms with van der Waals surface area (Å²) in [7, 11) is 0. The highest BCUT2D eigenvalue weighted by molar-refractivity contribution is 9.10. The fourth-order valence-corrected chi connectivity index (χ4v) is 3.71. The van der Waals surface area contributed by atoms with Crippen LogP contribution in [0.5, 0.6) is 0 Å². The van der Waals surface area contributed by atoms with Gasteiger partial charge in [-0.05, 0) is 55.5 Å². The van der Waals surface area contributed by atoms with Crippen molar-refractivity contribution in [3.05, 3.63) is 70.2 Å². The molecule has 2 rings (SSSR count). The number of nitrogens with zero attached hydrogens (tertiary/aromatic N) is 1. The van der Waals surface area contributed by atoms with Crippen LogP contribution in [0.4, 0.5) is 0 Å². The van der Waals surface area contributed by atoms with Gasteiger partial charge in [0.2, 0.25) is 11.8 Å². The minimum Gasteiger partial charge on any atom is -0.354 e. The number of rotatable bonds is 13.